The average Bonchev–Trinajstić information content (AvgIpc) is 3.21. The fraction of sp³-hybridized carbons (Fsp3) is 0.538. The number of benzene rings is 1. The Hall–Kier alpha value is -3.04. The second-order valence-electron chi connectivity index (χ2n) is 9.40. The summed E-state index contributed by atoms with van der Waals surface area (Å²) in [5.74, 6) is 0.0162. The molecular formula is C26H37N7O2. The van der Waals surface area contributed by atoms with Gasteiger partial charge >= 0.3 is 0 Å². The van der Waals surface area contributed by atoms with Crippen molar-refractivity contribution in [1.82, 2.24) is 34.7 Å². The van der Waals surface area contributed by atoms with Crippen LogP contribution in [0.1, 0.15) is 36.7 Å². The summed E-state index contributed by atoms with van der Waals surface area (Å²) in [6.07, 6.45) is 0.919. The number of fused-ring (bicyclic) bond motifs is 1. The molecule has 3 heterocycles. The quantitative estimate of drug-likeness (QED) is 0.505. The van der Waals surface area contributed by atoms with E-state index in [-0.39, 0.29) is 11.5 Å². The number of carbonyl (C=O) groups is 1. The van der Waals surface area contributed by atoms with E-state index in [1.807, 2.05) is 45.0 Å². The Bertz CT molecular complexity index is 1220. The third kappa shape index (κ3) is 5.79. The number of aromatic nitrogens is 4. The fourth-order valence-corrected chi connectivity index (χ4v) is 4.73. The minimum absolute atomic E-state index is 0.0162. The molecule has 1 amide bonds. The second kappa shape index (κ2) is 11.1. The molecule has 9 heteroatoms. The highest BCUT2D eigenvalue weighted by atomic mass is 16.1. The van der Waals surface area contributed by atoms with Crippen molar-refractivity contribution >= 4 is 16.8 Å². The molecule has 0 unspecified atom stereocenters. The first-order chi connectivity index (χ1) is 16.9. The van der Waals surface area contributed by atoms with E-state index >= 15 is 0 Å². The summed E-state index contributed by atoms with van der Waals surface area (Å²) < 4.78 is 3.25. The maximum atomic E-state index is 13.1. The van der Waals surface area contributed by atoms with E-state index in [1.54, 1.807) is 4.68 Å². The van der Waals surface area contributed by atoms with Gasteiger partial charge in [0.2, 0.25) is 5.91 Å². The van der Waals surface area contributed by atoms with Crippen LogP contribution < -0.4 is 10.9 Å². The van der Waals surface area contributed by atoms with E-state index in [0.717, 1.165) is 61.7 Å². The number of amides is 1. The highest BCUT2D eigenvalue weighted by Crippen LogP contribution is 2.21. The summed E-state index contributed by atoms with van der Waals surface area (Å²) in [5.41, 5.74) is 3.95. The van der Waals surface area contributed by atoms with Crippen molar-refractivity contribution in [3.8, 4) is 5.69 Å². The van der Waals surface area contributed by atoms with Crippen LogP contribution in [0.15, 0.2) is 29.1 Å². The molecule has 3 aromatic rings. The van der Waals surface area contributed by atoms with Gasteiger partial charge in [-0.15, -0.1) is 0 Å². The van der Waals surface area contributed by atoms with Crippen LogP contribution in [0.4, 0.5) is 0 Å². The van der Waals surface area contributed by atoms with Crippen LogP contribution in [0.25, 0.3) is 16.6 Å². The SMILES string of the molecule is CCN1CCN(CCNC(=O)CCCn2nc(C)c3c(C)n(-c4ccc(C)cc4)nc3c2=O)CC1. The molecule has 1 aliphatic rings. The Morgan fingerprint density at radius 2 is 1.66 bits per heavy atom. The lowest BCUT2D eigenvalue weighted by molar-refractivity contribution is -0.121. The van der Waals surface area contributed by atoms with Crippen molar-refractivity contribution in [2.24, 2.45) is 0 Å². The van der Waals surface area contributed by atoms with Gasteiger partial charge < -0.3 is 10.2 Å². The smallest absolute Gasteiger partial charge is 0.295 e. The monoisotopic (exact) mass is 479 g/mol. The maximum absolute atomic E-state index is 13.1. The molecule has 4 rings (SSSR count). The predicted octanol–water partition coefficient (Wildman–Crippen LogP) is 2.04. The van der Waals surface area contributed by atoms with Gasteiger partial charge in [-0.05, 0) is 45.9 Å². The van der Waals surface area contributed by atoms with Gasteiger partial charge in [0.15, 0.2) is 5.52 Å². The van der Waals surface area contributed by atoms with Gasteiger partial charge in [-0.3, -0.25) is 14.5 Å². The number of piperazine rings is 1. The number of hydrogen-bond acceptors (Lipinski definition) is 6. The van der Waals surface area contributed by atoms with Gasteiger partial charge in [-0.2, -0.15) is 10.2 Å². The number of hydrogen-bond donors (Lipinski definition) is 1. The molecular weight excluding hydrogens is 442 g/mol. The maximum Gasteiger partial charge on any atom is 0.295 e. The number of nitrogens with zero attached hydrogens (tertiary/aromatic N) is 6. The lowest BCUT2D eigenvalue weighted by atomic mass is 10.2. The summed E-state index contributed by atoms with van der Waals surface area (Å²) >= 11 is 0. The topological polar surface area (TPSA) is 88.3 Å². The van der Waals surface area contributed by atoms with Crippen molar-refractivity contribution < 1.29 is 4.79 Å². The average molecular weight is 480 g/mol. The minimum atomic E-state index is -0.216. The Balaban J connectivity index is 1.33. The molecule has 9 nitrogen and oxygen atoms in total. The molecule has 1 fully saturated rings. The fourth-order valence-electron chi connectivity index (χ4n) is 4.73. The molecule has 35 heavy (non-hydrogen) atoms. The van der Waals surface area contributed by atoms with E-state index in [9.17, 15) is 9.59 Å². The van der Waals surface area contributed by atoms with Crippen molar-refractivity contribution in [3.63, 3.8) is 0 Å². The Kier molecular flexibility index (Phi) is 7.97. The van der Waals surface area contributed by atoms with Crippen LogP contribution in [0.5, 0.6) is 0 Å². The third-order valence-electron chi connectivity index (χ3n) is 6.90. The van der Waals surface area contributed by atoms with Crippen LogP contribution in [-0.4, -0.2) is 81.1 Å². The summed E-state index contributed by atoms with van der Waals surface area (Å²) in [7, 11) is 0. The van der Waals surface area contributed by atoms with Crippen LogP contribution in [0, 0.1) is 20.8 Å². The number of carbonyl (C=O) groups excluding carboxylic acids is 1. The lowest BCUT2D eigenvalue weighted by Crippen LogP contribution is -2.48. The number of rotatable bonds is 9. The van der Waals surface area contributed by atoms with E-state index in [4.69, 9.17) is 0 Å². The Morgan fingerprint density at radius 3 is 2.34 bits per heavy atom. The van der Waals surface area contributed by atoms with E-state index in [2.05, 4.69) is 32.2 Å². The molecule has 0 aliphatic carbocycles. The standard InChI is InChI=1S/C26H37N7O2/c1-5-30-15-17-31(18-16-30)14-12-27-23(34)7-6-13-32-26(35)25-24(20(3)28-32)21(4)33(29-25)22-10-8-19(2)9-11-22/h8-11H,5-7,12-18H2,1-4H3,(H,27,34). The molecule has 2 aromatic heterocycles. The van der Waals surface area contributed by atoms with E-state index < -0.39 is 0 Å². The molecule has 1 saturated heterocycles. The van der Waals surface area contributed by atoms with E-state index in [1.165, 1.54) is 10.2 Å². The zero-order chi connectivity index (χ0) is 24.9. The molecule has 1 aromatic carbocycles. The molecule has 188 valence electrons. The van der Waals surface area contributed by atoms with Gasteiger partial charge in [-0.1, -0.05) is 24.6 Å². The predicted molar refractivity (Wildman–Crippen MR) is 138 cm³/mol. The first-order valence-corrected chi connectivity index (χ1v) is 12.6. The van der Waals surface area contributed by atoms with Crippen LogP contribution >= 0.6 is 0 Å². The first-order valence-electron chi connectivity index (χ1n) is 12.6. The summed E-state index contributed by atoms with van der Waals surface area (Å²) in [6, 6.07) is 8.06. The molecule has 0 bridgehead atoms. The van der Waals surface area contributed by atoms with Gasteiger partial charge in [0.1, 0.15) is 0 Å². The lowest BCUT2D eigenvalue weighted by Gasteiger charge is -2.33. The summed E-state index contributed by atoms with van der Waals surface area (Å²) in [4.78, 5) is 30.3. The molecule has 0 atom stereocenters. The van der Waals surface area contributed by atoms with Crippen LogP contribution in [0.2, 0.25) is 0 Å². The highest BCUT2D eigenvalue weighted by Gasteiger charge is 2.18. The summed E-state index contributed by atoms with van der Waals surface area (Å²) in [5, 5.41) is 13.0. The zero-order valence-electron chi connectivity index (χ0n) is 21.4. The highest BCUT2D eigenvalue weighted by molar-refractivity contribution is 5.83. The normalized spacial score (nSPS) is 15.1. The van der Waals surface area contributed by atoms with Crippen molar-refractivity contribution in [2.75, 3.05) is 45.8 Å². The number of likely N-dealkylation sites (N-methyl/N-ethyl adjacent to an activating group) is 1. The van der Waals surface area contributed by atoms with Gasteiger partial charge in [-0.25, -0.2) is 9.36 Å². The van der Waals surface area contributed by atoms with Crippen molar-refractivity contribution in [1.29, 1.82) is 0 Å². The first kappa shape index (κ1) is 25.1. The Morgan fingerprint density at radius 1 is 0.971 bits per heavy atom. The minimum Gasteiger partial charge on any atom is -0.355 e. The number of nitrogens with one attached hydrogen (secondary N) is 1. The Labute approximate surface area is 206 Å². The van der Waals surface area contributed by atoms with Crippen molar-refractivity contribution in [2.45, 2.75) is 47.1 Å². The van der Waals surface area contributed by atoms with Crippen molar-refractivity contribution in [3.05, 3.63) is 51.6 Å². The molecule has 0 spiro atoms. The van der Waals surface area contributed by atoms with Gasteiger partial charge in [0.25, 0.3) is 5.56 Å². The molecule has 0 radical (unpaired) electrons. The molecule has 1 N–H and O–H groups in total. The zero-order valence-corrected chi connectivity index (χ0v) is 21.4. The summed E-state index contributed by atoms with van der Waals surface area (Å²) in [6.45, 7) is 15.4. The largest absolute Gasteiger partial charge is 0.355 e. The second-order valence-corrected chi connectivity index (χ2v) is 9.40. The van der Waals surface area contributed by atoms with E-state index in [0.29, 0.717) is 31.4 Å². The van der Waals surface area contributed by atoms with Gasteiger partial charge in [0, 0.05) is 52.2 Å². The van der Waals surface area contributed by atoms with Gasteiger partial charge in [0.05, 0.1) is 22.5 Å². The molecule has 0 saturated carbocycles. The van der Waals surface area contributed by atoms with Crippen LogP contribution in [0.3, 0.4) is 0 Å². The molecule has 1 aliphatic heterocycles. The van der Waals surface area contributed by atoms with Crippen LogP contribution in [-0.2, 0) is 11.3 Å². The number of aryl methyl sites for hydroxylation is 4. The third-order valence-corrected chi connectivity index (χ3v) is 6.90.